The lowest BCUT2D eigenvalue weighted by Gasteiger charge is -2.28. The van der Waals surface area contributed by atoms with Crippen molar-refractivity contribution >= 4 is 17.5 Å². The van der Waals surface area contributed by atoms with Gasteiger partial charge in [-0.1, -0.05) is 18.9 Å². The molecule has 1 amide bonds. The van der Waals surface area contributed by atoms with Gasteiger partial charge in [0.25, 0.3) is 5.91 Å². The molecule has 4 heteroatoms. The zero-order valence-corrected chi connectivity index (χ0v) is 12.2. The standard InChI is InChI=1S/C15H20ClNO2/c1-11-5-6-12(9-13(11)19-2)14(18)17-15(10-16)7-3-4-8-15/h5-6,9H,3-4,7-8,10H2,1-2H3,(H,17,18). The molecule has 1 fully saturated rings. The first-order valence-corrected chi connectivity index (χ1v) is 7.17. The Balaban J connectivity index is 2.15. The van der Waals surface area contributed by atoms with Crippen molar-refractivity contribution < 1.29 is 9.53 Å². The second kappa shape index (κ2) is 5.83. The molecule has 0 aromatic heterocycles. The first-order valence-electron chi connectivity index (χ1n) is 6.63. The lowest BCUT2D eigenvalue weighted by Crippen LogP contribution is -2.47. The van der Waals surface area contributed by atoms with Crippen molar-refractivity contribution in [3.05, 3.63) is 29.3 Å². The van der Waals surface area contributed by atoms with Crippen molar-refractivity contribution in [3.8, 4) is 5.75 Å². The largest absolute Gasteiger partial charge is 0.496 e. The van der Waals surface area contributed by atoms with Crippen LogP contribution >= 0.6 is 11.6 Å². The molecule has 0 bridgehead atoms. The predicted molar refractivity (Wildman–Crippen MR) is 77.1 cm³/mol. The molecule has 104 valence electrons. The lowest BCUT2D eigenvalue weighted by atomic mass is 9.99. The number of amides is 1. The average molecular weight is 282 g/mol. The van der Waals surface area contributed by atoms with Gasteiger partial charge in [0.05, 0.1) is 12.6 Å². The van der Waals surface area contributed by atoms with Gasteiger partial charge in [-0.15, -0.1) is 11.6 Å². The second-order valence-corrected chi connectivity index (χ2v) is 5.53. The van der Waals surface area contributed by atoms with E-state index in [4.69, 9.17) is 16.3 Å². The van der Waals surface area contributed by atoms with Crippen molar-refractivity contribution in [2.45, 2.75) is 38.1 Å². The molecule has 1 aromatic carbocycles. The SMILES string of the molecule is COc1cc(C(=O)NC2(CCl)CCCC2)ccc1C. The molecule has 0 heterocycles. The zero-order chi connectivity index (χ0) is 13.9. The minimum absolute atomic E-state index is 0.0687. The summed E-state index contributed by atoms with van der Waals surface area (Å²) in [5, 5.41) is 3.10. The van der Waals surface area contributed by atoms with E-state index in [1.54, 1.807) is 13.2 Å². The van der Waals surface area contributed by atoms with Crippen molar-refractivity contribution in [1.29, 1.82) is 0 Å². The Morgan fingerprint density at radius 1 is 1.42 bits per heavy atom. The number of methoxy groups -OCH3 is 1. The number of benzene rings is 1. The first-order chi connectivity index (χ1) is 9.10. The number of carbonyl (C=O) groups excluding carboxylic acids is 1. The number of aryl methyl sites for hydroxylation is 1. The highest BCUT2D eigenvalue weighted by Gasteiger charge is 2.34. The number of nitrogens with one attached hydrogen (secondary N) is 1. The van der Waals surface area contributed by atoms with Gasteiger partial charge in [-0.25, -0.2) is 0 Å². The number of hydrogen-bond acceptors (Lipinski definition) is 2. The van der Waals surface area contributed by atoms with Gasteiger partial charge in [0.2, 0.25) is 0 Å². The van der Waals surface area contributed by atoms with Crippen molar-refractivity contribution in [2.24, 2.45) is 0 Å². The summed E-state index contributed by atoms with van der Waals surface area (Å²) in [6.45, 7) is 1.96. The van der Waals surface area contributed by atoms with Crippen LogP contribution in [-0.4, -0.2) is 24.4 Å². The minimum atomic E-state index is -0.225. The molecule has 1 aliphatic rings. The van der Waals surface area contributed by atoms with E-state index in [0.717, 1.165) is 37.0 Å². The summed E-state index contributed by atoms with van der Waals surface area (Å²) in [5.74, 6) is 1.14. The summed E-state index contributed by atoms with van der Waals surface area (Å²) in [6.07, 6.45) is 4.19. The Kier molecular flexibility index (Phi) is 4.35. The molecule has 3 nitrogen and oxygen atoms in total. The molecule has 19 heavy (non-hydrogen) atoms. The van der Waals surface area contributed by atoms with Gasteiger partial charge in [-0.05, 0) is 37.5 Å². The Hall–Kier alpha value is -1.22. The van der Waals surface area contributed by atoms with Crippen LogP contribution in [0.2, 0.25) is 0 Å². The van der Waals surface area contributed by atoms with Gasteiger partial charge in [0, 0.05) is 11.4 Å². The lowest BCUT2D eigenvalue weighted by molar-refractivity contribution is 0.0909. The van der Waals surface area contributed by atoms with E-state index >= 15 is 0 Å². The molecule has 0 saturated heterocycles. The van der Waals surface area contributed by atoms with Crippen LogP contribution in [0.25, 0.3) is 0 Å². The van der Waals surface area contributed by atoms with Crippen LogP contribution in [-0.2, 0) is 0 Å². The number of hydrogen-bond donors (Lipinski definition) is 1. The van der Waals surface area contributed by atoms with E-state index in [2.05, 4.69) is 5.32 Å². The highest BCUT2D eigenvalue weighted by molar-refractivity contribution is 6.19. The van der Waals surface area contributed by atoms with E-state index in [9.17, 15) is 4.79 Å². The van der Waals surface area contributed by atoms with Gasteiger partial charge in [0.15, 0.2) is 0 Å². The molecule has 0 aliphatic heterocycles. The van der Waals surface area contributed by atoms with Crippen molar-refractivity contribution in [3.63, 3.8) is 0 Å². The fraction of sp³-hybridized carbons (Fsp3) is 0.533. The Labute approximate surface area is 119 Å². The summed E-state index contributed by atoms with van der Waals surface area (Å²) in [4.78, 5) is 12.3. The van der Waals surface area contributed by atoms with E-state index in [0.29, 0.717) is 11.4 Å². The Morgan fingerprint density at radius 3 is 2.68 bits per heavy atom. The highest BCUT2D eigenvalue weighted by Crippen LogP contribution is 2.31. The quantitative estimate of drug-likeness (QED) is 0.860. The van der Waals surface area contributed by atoms with Crippen molar-refractivity contribution in [1.82, 2.24) is 5.32 Å². The summed E-state index contributed by atoms with van der Waals surface area (Å²) in [7, 11) is 1.61. The molecular weight excluding hydrogens is 262 g/mol. The average Bonchev–Trinajstić information content (AvgIpc) is 2.88. The molecule has 0 radical (unpaired) electrons. The molecule has 1 saturated carbocycles. The maximum atomic E-state index is 12.3. The number of ether oxygens (including phenoxy) is 1. The predicted octanol–water partition coefficient (Wildman–Crippen LogP) is 3.29. The Morgan fingerprint density at radius 2 is 2.11 bits per heavy atom. The molecule has 1 aliphatic carbocycles. The second-order valence-electron chi connectivity index (χ2n) is 5.26. The number of halogens is 1. The van der Waals surface area contributed by atoms with E-state index in [-0.39, 0.29) is 11.4 Å². The summed E-state index contributed by atoms with van der Waals surface area (Å²) in [5.41, 5.74) is 1.42. The van der Waals surface area contributed by atoms with Crippen LogP contribution in [0.15, 0.2) is 18.2 Å². The summed E-state index contributed by atoms with van der Waals surface area (Å²) < 4.78 is 5.25. The number of alkyl halides is 1. The molecule has 0 atom stereocenters. The van der Waals surface area contributed by atoms with E-state index in [1.807, 2.05) is 19.1 Å². The maximum Gasteiger partial charge on any atom is 0.251 e. The Bertz CT molecular complexity index is 467. The molecule has 0 unspecified atom stereocenters. The fourth-order valence-corrected chi connectivity index (χ4v) is 2.95. The molecular formula is C15H20ClNO2. The fourth-order valence-electron chi connectivity index (χ4n) is 2.62. The monoisotopic (exact) mass is 281 g/mol. The van der Waals surface area contributed by atoms with E-state index in [1.165, 1.54) is 0 Å². The number of rotatable bonds is 4. The molecule has 1 aromatic rings. The molecule has 0 spiro atoms. The van der Waals surface area contributed by atoms with Crippen LogP contribution < -0.4 is 10.1 Å². The highest BCUT2D eigenvalue weighted by atomic mass is 35.5. The van der Waals surface area contributed by atoms with Gasteiger partial charge in [-0.2, -0.15) is 0 Å². The van der Waals surface area contributed by atoms with E-state index < -0.39 is 0 Å². The summed E-state index contributed by atoms with van der Waals surface area (Å²) >= 11 is 6.04. The van der Waals surface area contributed by atoms with Crippen LogP contribution in [0.1, 0.15) is 41.6 Å². The smallest absolute Gasteiger partial charge is 0.251 e. The maximum absolute atomic E-state index is 12.3. The van der Waals surface area contributed by atoms with Gasteiger partial charge >= 0.3 is 0 Å². The number of carbonyl (C=O) groups is 1. The third-order valence-corrected chi connectivity index (χ3v) is 4.38. The summed E-state index contributed by atoms with van der Waals surface area (Å²) in [6, 6.07) is 5.50. The zero-order valence-electron chi connectivity index (χ0n) is 11.5. The minimum Gasteiger partial charge on any atom is -0.496 e. The molecule has 1 N–H and O–H groups in total. The van der Waals surface area contributed by atoms with Gasteiger partial charge in [-0.3, -0.25) is 4.79 Å². The third kappa shape index (κ3) is 3.03. The first kappa shape index (κ1) is 14.2. The van der Waals surface area contributed by atoms with Crippen LogP contribution in [0, 0.1) is 6.92 Å². The van der Waals surface area contributed by atoms with Crippen LogP contribution in [0.5, 0.6) is 5.75 Å². The van der Waals surface area contributed by atoms with Crippen LogP contribution in [0.4, 0.5) is 0 Å². The van der Waals surface area contributed by atoms with Crippen LogP contribution in [0.3, 0.4) is 0 Å². The van der Waals surface area contributed by atoms with Gasteiger partial charge in [0.1, 0.15) is 5.75 Å². The normalized spacial score (nSPS) is 17.2. The third-order valence-electron chi connectivity index (χ3n) is 3.87. The van der Waals surface area contributed by atoms with Gasteiger partial charge < -0.3 is 10.1 Å². The topological polar surface area (TPSA) is 38.3 Å². The molecule has 2 rings (SSSR count). The van der Waals surface area contributed by atoms with Crippen molar-refractivity contribution in [2.75, 3.05) is 13.0 Å².